The van der Waals surface area contributed by atoms with E-state index in [4.69, 9.17) is 5.73 Å². The fourth-order valence-electron chi connectivity index (χ4n) is 3.23. The second-order valence-electron chi connectivity index (χ2n) is 7.03. The van der Waals surface area contributed by atoms with E-state index < -0.39 is 5.91 Å². The number of nitrogens with zero attached hydrogens (tertiary/aromatic N) is 4. The van der Waals surface area contributed by atoms with Gasteiger partial charge in [-0.1, -0.05) is 0 Å². The standard InChI is InChI=1S/C21H17FN6O/c22-14-4-1-12(2-5-14)19-18(16-9-10-24-21(26-16)25-15-6-7-15)17-8-3-13(20(23)29)11-28(17)27-19/h1-5,8-11,15H,6-7H2,(H2,23,29)(H,24,25,26). The number of nitrogens with one attached hydrogen (secondary N) is 1. The lowest BCUT2D eigenvalue weighted by molar-refractivity contribution is 0.1000. The maximum atomic E-state index is 13.4. The zero-order valence-corrected chi connectivity index (χ0v) is 15.3. The first-order valence-corrected chi connectivity index (χ1v) is 9.26. The summed E-state index contributed by atoms with van der Waals surface area (Å²) in [5.74, 6) is -0.304. The molecule has 1 saturated carbocycles. The molecular formula is C21H17FN6O. The third-order valence-corrected chi connectivity index (χ3v) is 4.85. The normalized spacial score (nSPS) is 13.6. The Kier molecular flexibility index (Phi) is 3.97. The number of benzene rings is 1. The number of carbonyl (C=O) groups excluding carboxylic acids is 1. The molecule has 5 rings (SSSR count). The molecule has 0 spiro atoms. The van der Waals surface area contributed by atoms with E-state index in [0.29, 0.717) is 28.9 Å². The maximum Gasteiger partial charge on any atom is 0.250 e. The molecule has 1 aliphatic rings. The number of rotatable bonds is 5. The number of halogens is 1. The number of nitrogens with two attached hydrogens (primary N) is 1. The number of primary amides is 1. The van der Waals surface area contributed by atoms with Gasteiger partial charge in [-0.25, -0.2) is 18.9 Å². The van der Waals surface area contributed by atoms with E-state index in [2.05, 4.69) is 20.4 Å². The van der Waals surface area contributed by atoms with Crippen LogP contribution in [0.3, 0.4) is 0 Å². The van der Waals surface area contributed by atoms with Gasteiger partial charge in [-0.05, 0) is 55.3 Å². The summed E-state index contributed by atoms with van der Waals surface area (Å²) in [4.78, 5) is 20.5. The van der Waals surface area contributed by atoms with E-state index in [0.717, 1.165) is 29.5 Å². The molecular weight excluding hydrogens is 371 g/mol. The van der Waals surface area contributed by atoms with E-state index in [1.54, 1.807) is 41.2 Å². The van der Waals surface area contributed by atoms with E-state index >= 15 is 0 Å². The number of aromatic nitrogens is 4. The lowest BCUT2D eigenvalue weighted by Crippen LogP contribution is -2.11. The van der Waals surface area contributed by atoms with Gasteiger partial charge < -0.3 is 11.1 Å². The van der Waals surface area contributed by atoms with E-state index in [9.17, 15) is 9.18 Å². The minimum atomic E-state index is -0.537. The number of hydrogen-bond donors (Lipinski definition) is 2. The van der Waals surface area contributed by atoms with Gasteiger partial charge in [0, 0.05) is 24.0 Å². The van der Waals surface area contributed by atoms with Crippen LogP contribution in [0.2, 0.25) is 0 Å². The Bertz CT molecular complexity index is 1230. The first kappa shape index (κ1) is 17.3. The highest BCUT2D eigenvalue weighted by atomic mass is 19.1. The van der Waals surface area contributed by atoms with Crippen LogP contribution in [0.1, 0.15) is 23.2 Å². The molecule has 0 saturated heterocycles. The third-order valence-electron chi connectivity index (χ3n) is 4.85. The minimum Gasteiger partial charge on any atom is -0.366 e. The molecule has 7 nitrogen and oxygen atoms in total. The fourth-order valence-corrected chi connectivity index (χ4v) is 3.23. The molecule has 1 aliphatic carbocycles. The van der Waals surface area contributed by atoms with Gasteiger partial charge >= 0.3 is 0 Å². The zero-order chi connectivity index (χ0) is 20.0. The second-order valence-corrected chi connectivity index (χ2v) is 7.03. The summed E-state index contributed by atoms with van der Waals surface area (Å²) in [7, 11) is 0. The summed E-state index contributed by atoms with van der Waals surface area (Å²) in [5, 5.41) is 7.94. The fraction of sp³-hybridized carbons (Fsp3) is 0.143. The topological polar surface area (TPSA) is 98.2 Å². The van der Waals surface area contributed by atoms with Gasteiger partial charge in [-0.2, -0.15) is 5.10 Å². The van der Waals surface area contributed by atoms with Crippen molar-refractivity contribution in [2.24, 2.45) is 5.73 Å². The van der Waals surface area contributed by atoms with Crippen molar-refractivity contribution >= 4 is 17.4 Å². The van der Waals surface area contributed by atoms with E-state index in [1.807, 2.05) is 6.07 Å². The lowest BCUT2D eigenvalue weighted by Gasteiger charge is -2.07. The molecule has 3 N–H and O–H groups in total. The predicted molar refractivity (Wildman–Crippen MR) is 107 cm³/mol. The van der Waals surface area contributed by atoms with Crippen molar-refractivity contribution < 1.29 is 9.18 Å². The molecule has 1 fully saturated rings. The molecule has 0 radical (unpaired) electrons. The van der Waals surface area contributed by atoms with Crippen molar-refractivity contribution in [3.63, 3.8) is 0 Å². The van der Waals surface area contributed by atoms with E-state index in [1.165, 1.54) is 12.1 Å². The van der Waals surface area contributed by atoms with Crippen LogP contribution in [0, 0.1) is 5.82 Å². The number of anilines is 1. The van der Waals surface area contributed by atoms with Crippen molar-refractivity contribution in [2.75, 3.05) is 5.32 Å². The van der Waals surface area contributed by atoms with Gasteiger partial charge in [0.25, 0.3) is 0 Å². The first-order valence-electron chi connectivity index (χ1n) is 9.26. The minimum absolute atomic E-state index is 0.326. The highest BCUT2D eigenvalue weighted by Crippen LogP contribution is 2.35. The second kappa shape index (κ2) is 6.66. The third kappa shape index (κ3) is 3.29. The van der Waals surface area contributed by atoms with Crippen molar-refractivity contribution in [2.45, 2.75) is 18.9 Å². The molecule has 0 unspecified atom stereocenters. The maximum absolute atomic E-state index is 13.4. The van der Waals surface area contributed by atoms with Crippen LogP contribution in [-0.4, -0.2) is 31.5 Å². The summed E-state index contributed by atoms with van der Waals surface area (Å²) < 4.78 is 15.0. The highest BCUT2D eigenvalue weighted by molar-refractivity contribution is 5.95. The Morgan fingerprint density at radius 3 is 2.66 bits per heavy atom. The van der Waals surface area contributed by atoms with Crippen LogP contribution in [0.4, 0.5) is 10.3 Å². The van der Waals surface area contributed by atoms with Crippen LogP contribution < -0.4 is 11.1 Å². The summed E-state index contributed by atoms with van der Waals surface area (Å²) in [6, 6.07) is 11.8. The summed E-state index contributed by atoms with van der Waals surface area (Å²) >= 11 is 0. The molecule has 144 valence electrons. The molecule has 8 heteroatoms. The van der Waals surface area contributed by atoms with Gasteiger partial charge in [0.1, 0.15) is 11.5 Å². The quantitative estimate of drug-likeness (QED) is 0.547. The molecule has 0 aliphatic heterocycles. The molecule has 3 heterocycles. The van der Waals surface area contributed by atoms with Gasteiger partial charge in [0.05, 0.1) is 22.3 Å². The van der Waals surface area contributed by atoms with Gasteiger partial charge in [0.2, 0.25) is 11.9 Å². The van der Waals surface area contributed by atoms with Crippen LogP contribution in [0.25, 0.3) is 28.0 Å². The lowest BCUT2D eigenvalue weighted by atomic mass is 10.0. The molecule has 1 aromatic carbocycles. The molecule has 1 amide bonds. The zero-order valence-electron chi connectivity index (χ0n) is 15.3. The summed E-state index contributed by atoms with van der Waals surface area (Å²) in [6.45, 7) is 0. The van der Waals surface area contributed by atoms with E-state index in [-0.39, 0.29) is 5.82 Å². The van der Waals surface area contributed by atoms with Crippen molar-refractivity contribution in [3.05, 3.63) is 66.2 Å². The smallest absolute Gasteiger partial charge is 0.250 e. The average molecular weight is 388 g/mol. The average Bonchev–Trinajstić information content (AvgIpc) is 3.45. The molecule has 4 aromatic rings. The van der Waals surface area contributed by atoms with Crippen LogP contribution in [0.15, 0.2) is 54.9 Å². The number of hydrogen-bond acceptors (Lipinski definition) is 5. The number of pyridine rings is 1. The van der Waals surface area contributed by atoms with Crippen LogP contribution in [0.5, 0.6) is 0 Å². The largest absolute Gasteiger partial charge is 0.366 e. The Labute approximate surface area is 165 Å². The summed E-state index contributed by atoms with van der Waals surface area (Å²) in [6.07, 6.45) is 5.50. The van der Waals surface area contributed by atoms with Crippen molar-refractivity contribution in [1.82, 2.24) is 19.6 Å². The summed E-state index contributed by atoms with van der Waals surface area (Å²) in [5.41, 5.74) is 9.33. The monoisotopic (exact) mass is 388 g/mol. The van der Waals surface area contributed by atoms with Gasteiger partial charge in [-0.15, -0.1) is 0 Å². The van der Waals surface area contributed by atoms with Crippen LogP contribution in [-0.2, 0) is 0 Å². The Hall–Kier alpha value is -3.81. The highest BCUT2D eigenvalue weighted by Gasteiger charge is 2.23. The SMILES string of the molecule is NC(=O)c1ccc2c(-c3ccnc(NC4CC4)n3)c(-c3ccc(F)cc3)nn2c1. The Balaban J connectivity index is 1.72. The van der Waals surface area contributed by atoms with Crippen molar-refractivity contribution in [1.29, 1.82) is 0 Å². The number of fused-ring (bicyclic) bond motifs is 1. The molecule has 0 bridgehead atoms. The Morgan fingerprint density at radius 2 is 1.93 bits per heavy atom. The van der Waals surface area contributed by atoms with Crippen molar-refractivity contribution in [3.8, 4) is 22.5 Å². The molecule has 0 atom stereocenters. The van der Waals surface area contributed by atoms with Crippen LogP contribution >= 0.6 is 0 Å². The van der Waals surface area contributed by atoms with Gasteiger partial charge in [-0.3, -0.25) is 4.79 Å². The van der Waals surface area contributed by atoms with Gasteiger partial charge in [0.15, 0.2) is 0 Å². The Morgan fingerprint density at radius 1 is 1.14 bits per heavy atom. The number of amides is 1. The molecule has 29 heavy (non-hydrogen) atoms. The predicted octanol–water partition coefficient (Wildman–Crippen LogP) is 3.27. The first-order chi connectivity index (χ1) is 14.1. The number of carbonyl (C=O) groups is 1. The molecule has 3 aromatic heterocycles.